The van der Waals surface area contributed by atoms with Gasteiger partial charge in [0.05, 0.1) is 23.3 Å². The van der Waals surface area contributed by atoms with Gasteiger partial charge in [-0.15, -0.1) is 0 Å². The van der Waals surface area contributed by atoms with E-state index >= 15 is 0 Å². The Morgan fingerprint density at radius 1 is 1.33 bits per heavy atom. The molecule has 2 aromatic rings. The van der Waals surface area contributed by atoms with Gasteiger partial charge in [0.2, 0.25) is 5.95 Å². The number of nitrogens with zero attached hydrogens (tertiary/aromatic N) is 3. The molecule has 3 N–H and O–H groups in total. The molecule has 2 amide bonds. The maximum atomic E-state index is 13.9. The van der Waals surface area contributed by atoms with E-state index in [0.717, 1.165) is 18.1 Å². The van der Waals surface area contributed by atoms with E-state index in [4.69, 9.17) is 11.6 Å². The van der Waals surface area contributed by atoms with Crippen LogP contribution in [0.4, 0.5) is 28.3 Å². The van der Waals surface area contributed by atoms with Gasteiger partial charge >= 0.3 is 12.2 Å². The van der Waals surface area contributed by atoms with Gasteiger partial charge in [-0.3, -0.25) is 0 Å². The Balaban J connectivity index is 1.42. The number of halogens is 5. The number of carbonyl (C=O) groups excluding carboxylic acids is 1. The van der Waals surface area contributed by atoms with Crippen LogP contribution in [0.15, 0.2) is 24.4 Å². The standard InChI is InChI=1S/C21H23ClF4N6O/c1-11(21(24,25)26)29-19-28-7-13-4-5-32(10-18(13)30-19)20(33)31-17-9-27-8-14(17)12-2-3-15(22)16(23)6-12/h2-3,6-7,11,14,17,27H,4-5,8-10H2,1H3,(H,31,33)(H,28,29,30)/t11-,14-,17+/m0/s1. The van der Waals surface area contributed by atoms with Crippen LogP contribution in [-0.4, -0.2) is 58.8 Å². The summed E-state index contributed by atoms with van der Waals surface area (Å²) in [5.74, 6) is -0.770. The molecule has 2 aliphatic rings. The fourth-order valence-corrected chi connectivity index (χ4v) is 4.11. The Kier molecular flexibility index (Phi) is 6.62. The number of carbonyl (C=O) groups is 1. The van der Waals surface area contributed by atoms with Crippen molar-refractivity contribution in [3.63, 3.8) is 0 Å². The van der Waals surface area contributed by atoms with Crippen molar-refractivity contribution in [3.05, 3.63) is 52.1 Å². The molecule has 12 heteroatoms. The van der Waals surface area contributed by atoms with Gasteiger partial charge in [0.25, 0.3) is 0 Å². The first-order valence-electron chi connectivity index (χ1n) is 10.5. The van der Waals surface area contributed by atoms with E-state index in [-0.39, 0.29) is 35.5 Å². The van der Waals surface area contributed by atoms with Gasteiger partial charge in [-0.1, -0.05) is 17.7 Å². The molecule has 0 aliphatic carbocycles. The molecule has 2 aliphatic heterocycles. The highest BCUT2D eigenvalue weighted by Crippen LogP contribution is 2.27. The van der Waals surface area contributed by atoms with Crippen molar-refractivity contribution in [1.82, 2.24) is 25.5 Å². The molecule has 4 rings (SSSR count). The minimum Gasteiger partial charge on any atom is -0.343 e. The fourth-order valence-electron chi connectivity index (χ4n) is 3.99. The van der Waals surface area contributed by atoms with Crippen LogP contribution in [0.1, 0.15) is 29.7 Å². The van der Waals surface area contributed by atoms with E-state index in [2.05, 4.69) is 25.9 Å². The Morgan fingerprint density at radius 2 is 2.12 bits per heavy atom. The maximum Gasteiger partial charge on any atom is 0.408 e. The van der Waals surface area contributed by atoms with Crippen molar-refractivity contribution in [2.45, 2.75) is 44.1 Å². The molecule has 3 heterocycles. The molecule has 1 saturated heterocycles. The highest BCUT2D eigenvalue weighted by Gasteiger charge is 2.37. The Bertz CT molecular complexity index is 1040. The number of amides is 2. The summed E-state index contributed by atoms with van der Waals surface area (Å²) in [5.41, 5.74) is 2.03. The van der Waals surface area contributed by atoms with Crippen molar-refractivity contribution >= 4 is 23.6 Å². The van der Waals surface area contributed by atoms with Gasteiger partial charge in [-0.2, -0.15) is 13.2 Å². The van der Waals surface area contributed by atoms with Crippen LogP contribution >= 0.6 is 11.6 Å². The second-order valence-electron chi connectivity index (χ2n) is 8.24. The largest absolute Gasteiger partial charge is 0.408 e. The number of hydrogen-bond donors (Lipinski definition) is 3. The molecule has 0 bridgehead atoms. The normalized spacial score (nSPS) is 21.5. The van der Waals surface area contributed by atoms with Gasteiger partial charge in [-0.05, 0) is 36.6 Å². The summed E-state index contributed by atoms with van der Waals surface area (Å²) in [4.78, 5) is 22.7. The van der Waals surface area contributed by atoms with E-state index in [1.807, 2.05) is 0 Å². The molecular weight excluding hydrogens is 464 g/mol. The van der Waals surface area contributed by atoms with Crippen molar-refractivity contribution in [2.75, 3.05) is 25.0 Å². The zero-order valence-electron chi connectivity index (χ0n) is 17.7. The van der Waals surface area contributed by atoms with E-state index in [1.54, 1.807) is 11.0 Å². The Hall–Kier alpha value is -2.66. The van der Waals surface area contributed by atoms with Gasteiger partial charge in [0.1, 0.15) is 11.9 Å². The summed E-state index contributed by atoms with van der Waals surface area (Å²) in [5, 5.41) is 8.49. The third kappa shape index (κ3) is 5.30. The van der Waals surface area contributed by atoms with Crippen LogP contribution in [0.25, 0.3) is 0 Å². The number of nitrogens with one attached hydrogen (secondary N) is 3. The molecule has 3 atom stereocenters. The van der Waals surface area contributed by atoms with Crippen molar-refractivity contribution < 1.29 is 22.4 Å². The van der Waals surface area contributed by atoms with Crippen molar-refractivity contribution in [3.8, 4) is 0 Å². The van der Waals surface area contributed by atoms with E-state index in [0.29, 0.717) is 31.7 Å². The fraction of sp³-hybridized carbons (Fsp3) is 0.476. The third-order valence-electron chi connectivity index (χ3n) is 5.96. The number of aromatic nitrogens is 2. The van der Waals surface area contributed by atoms with E-state index in [1.165, 1.54) is 18.3 Å². The monoisotopic (exact) mass is 486 g/mol. The van der Waals surface area contributed by atoms with Gasteiger partial charge in [0, 0.05) is 31.7 Å². The number of fused-ring (bicyclic) bond motifs is 1. The summed E-state index contributed by atoms with van der Waals surface area (Å²) in [6.07, 6.45) is -2.44. The van der Waals surface area contributed by atoms with Crippen LogP contribution in [0, 0.1) is 5.82 Å². The maximum absolute atomic E-state index is 13.9. The lowest BCUT2D eigenvalue weighted by atomic mass is 9.94. The molecule has 1 fully saturated rings. The van der Waals surface area contributed by atoms with E-state index < -0.39 is 18.0 Å². The molecular formula is C21H23ClF4N6O. The SMILES string of the molecule is C[C@H](Nc1ncc2c(n1)CN(C(=O)N[C@@H]1CNC[C@H]1c1ccc(Cl)c(F)c1)CC2)C(F)(F)F. The van der Waals surface area contributed by atoms with Crippen LogP contribution in [0.3, 0.4) is 0 Å². The summed E-state index contributed by atoms with van der Waals surface area (Å²) in [7, 11) is 0. The smallest absolute Gasteiger partial charge is 0.343 e. The molecule has 0 saturated carbocycles. The van der Waals surface area contributed by atoms with Crippen LogP contribution in [0.5, 0.6) is 0 Å². The molecule has 1 aromatic heterocycles. The Labute approximate surface area is 192 Å². The van der Waals surface area contributed by atoms with Crippen molar-refractivity contribution in [1.29, 1.82) is 0 Å². The second-order valence-corrected chi connectivity index (χ2v) is 8.65. The minimum absolute atomic E-state index is 0.0396. The molecule has 7 nitrogen and oxygen atoms in total. The molecule has 33 heavy (non-hydrogen) atoms. The number of urea groups is 1. The van der Waals surface area contributed by atoms with E-state index in [9.17, 15) is 22.4 Å². The van der Waals surface area contributed by atoms with Gasteiger partial charge < -0.3 is 20.9 Å². The quantitative estimate of drug-likeness (QED) is 0.577. The number of alkyl halides is 3. The first-order valence-corrected chi connectivity index (χ1v) is 10.9. The molecule has 178 valence electrons. The summed E-state index contributed by atoms with van der Waals surface area (Å²) >= 11 is 5.77. The average Bonchev–Trinajstić information content (AvgIpc) is 3.22. The van der Waals surface area contributed by atoms with Gasteiger partial charge in [-0.25, -0.2) is 19.2 Å². The first kappa shape index (κ1) is 23.5. The lowest BCUT2D eigenvalue weighted by molar-refractivity contribution is -0.138. The molecule has 0 unspecified atom stereocenters. The number of benzene rings is 1. The number of anilines is 1. The zero-order valence-corrected chi connectivity index (χ0v) is 18.5. The first-order chi connectivity index (χ1) is 15.6. The van der Waals surface area contributed by atoms with Crippen LogP contribution in [-0.2, 0) is 13.0 Å². The summed E-state index contributed by atoms with van der Waals surface area (Å²) < 4.78 is 52.4. The molecule has 0 radical (unpaired) electrons. The average molecular weight is 487 g/mol. The van der Waals surface area contributed by atoms with Crippen LogP contribution in [0.2, 0.25) is 5.02 Å². The summed E-state index contributed by atoms with van der Waals surface area (Å²) in [6, 6.07) is 2.25. The second kappa shape index (κ2) is 9.30. The predicted octanol–water partition coefficient (Wildman–Crippen LogP) is 3.46. The minimum atomic E-state index is -4.43. The lowest BCUT2D eigenvalue weighted by Crippen LogP contribution is -2.49. The highest BCUT2D eigenvalue weighted by molar-refractivity contribution is 6.30. The lowest BCUT2D eigenvalue weighted by Gasteiger charge is -2.30. The van der Waals surface area contributed by atoms with Gasteiger partial charge in [0.15, 0.2) is 0 Å². The zero-order chi connectivity index (χ0) is 23.8. The highest BCUT2D eigenvalue weighted by atomic mass is 35.5. The summed E-state index contributed by atoms with van der Waals surface area (Å²) in [6.45, 7) is 2.67. The predicted molar refractivity (Wildman–Crippen MR) is 115 cm³/mol. The van der Waals surface area contributed by atoms with Crippen molar-refractivity contribution in [2.24, 2.45) is 0 Å². The number of rotatable bonds is 4. The molecule has 1 aromatic carbocycles. The molecule has 0 spiro atoms. The number of hydrogen-bond acceptors (Lipinski definition) is 5. The topological polar surface area (TPSA) is 82.2 Å². The van der Waals surface area contributed by atoms with Crippen LogP contribution < -0.4 is 16.0 Å². The third-order valence-corrected chi connectivity index (χ3v) is 6.27. The Morgan fingerprint density at radius 3 is 2.85 bits per heavy atom.